The Hall–Kier alpha value is 0.411. The predicted octanol–water partition coefficient (Wildman–Crippen LogP) is 7.19. The van der Waals surface area contributed by atoms with Crippen molar-refractivity contribution in [2.45, 2.75) is 100 Å². The first-order valence-electron chi connectivity index (χ1n) is 11.8. The van der Waals surface area contributed by atoms with Crippen LogP contribution in [0.3, 0.4) is 0 Å². The molecule has 0 rings (SSSR count). The molecule has 0 aliphatic carbocycles. The lowest BCUT2D eigenvalue weighted by Crippen LogP contribution is -2.45. The fourth-order valence-electron chi connectivity index (χ4n) is 3.66. The summed E-state index contributed by atoms with van der Waals surface area (Å²) in [5, 5.41) is 0. The minimum atomic E-state index is -2.35. The molecule has 0 bridgehead atoms. The molecule has 0 amide bonds. The molecule has 204 valence electrons. The Kier molecular flexibility index (Phi) is 17.8. The summed E-state index contributed by atoms with van der Waals surface area (Å²) in [6.07, 6.45) is 0. The van der Waals surface area contributed by atoms with Gasteiger partial charge in [-0.2, -0.15) is 0 Å². The van der Waals surface area contributed by atoms with E-state index in [4.69, 9.17) is 26.6 Å². The van der Waals surface area contributed by atoms with Gasteiger partial charge >= 0.3 is 17.4 Å². The average molecular weight is 529 g/mol. The largest absolute Gasteiger partial charge is 0.500 e. The molecule has 0 spiro atoms. The smallest absolute Gasteiger partial charge is 0.420 e. The lowest BCUT2D eigenvalue weighted by Gasteiger charge is -2.30. The monoisotopic (exact) mass is 528 g/mol. The van der Waals surface area contributed by atoms with Crippen LogP contribution in [0.5, 0.6) is 0 Å². The van der Waals surface area contributed by atoms with Gasteiger partial charge in [0.25, 0.3) is 0 Å². The summed E-state index contributed by atoms with van der Waals surface area (Å²) in [5.41, 5.74) is 0.896. The zero-order chi connectivity index (χ0) is 27.4. The Morgan fingerprint density at radius 1 is 0.424 bits per heavy atom. The highest BCUT2D eigenvalue weighted by Gasteiger charge is 2.41. The van der Waals surface area contributed by atoms with Gasteiger partial charge in [-0.05, 0) is 48.0 Å². The van der Waals surface area contributed by atoms with Gasteiger partial charge in [0, 0.05) is 48.7 Å². The highest BCUT2D eigenvalue weighted by molar-refractivity contribution is 6.71. The minimum Gasteiger partial charge on any atom is -0.420 e. The van der Waals surface area contributed by atoms with Gasteiger partial charge in [0.1, 0.15) is 0 Å². The highest BCUT2D eigenvalue weighted by Crippen LogP contribution is 2.29. The van der Waals surface area contributed by atoms with Gasteiger partial charge in [-0.25, -0.2) is 0 Å². The Balaban J connectivity index is -0.000000411. The van der Waals surface area contributed by atoms with Crippen LogP contribution in [-0.4, -0.2) is 68.3 Å². The third kappa shape index (κ3) is 22.6. The Bertz CT molecular complexity index is 478. The van der Waals surface area contributed by atoms with Crippen molar-refractivity contribution in [3.63, 3.8) is 0 Å². The molecule has 0 unspecified atom stereocenters. The standard InChI is InChI=1S/C8H20O3Si.C8H20O2Si.C8H20OSi/c1-8(2,3)7-12(9-4,10-5)11-6;1-8(2,3)7-11(6,9-4)10-5;1-8(2,3)7-10(5,6)9-4/h7H2,1-6H3;7H2,1-6H3;7H2,1-6H3. The third-order valence-corrected chi connectivity index (χ3v) is 14.7. The van der Waals surface area contributed by atoms with Gasteiger partial charge in [0.15, 0.2) is 8.32 Å². The lowest BCUT2D eigenvalue weighted by molar-refractivity contribution is 0.112. The predicted molar refractivity (Wildman–Crippen MR) is 150 cm³/mol. The van der Waals surface area contributed by atoms with E-state index in [2.05, 4.69) is 82.0 Å². The van der Waals surface area contributed by atoms with Crippen LogP contribution in [0.4, 0.5) is 0 Å². The molecular weight excluding hydrogens is 469 g/mol. The maximum absolute atomic E-state index is 5.45. The molecule has 0 radical (unpaired) electrons. The first-order valence-corrected chi connectivity index (χ1v) is 19.4. The van der Waals surface area contributed by atoms with Crippen LogP contribution >= 0.6 is 0 Å². The second-order valence-corrected chi connectivity index (χ2v) is 23.7. The van der Waals surface area contributed by atoms with Crippen molar-refractivity contribution in [3.05, 3.63) is 0 Å². The first kappa shape index (κ1) is 37.9. The number of rotatable bonds is 9. The summed E-state index contributed by atoms with van der Waals surface area (Å²) in [6, 6.07) is 3.10. The molecule has 6 nitrogen and oxygen atoms in total. The first-order chi connectivity index (χ1) is 14.5. The van der Waals surface area contributed by atoms with Crippen molar-refractivity contribution in [2.24, 2.45) is 16.2 Å². The van der Waals surface area contributed by atoms with Gasteiger partial charge < -0.3 is 26.6 Å². The summed E-state index contributed by atoms with van der Waals surface area (Å²) in [5.74, 6) is 0. The number of hydrogen-bond donors (Lipinski definition) is 0. The highest BCUT2D eigenvalue weighted by atomic mass is 28.4. The van der Waals surface area contributed by atoms with Crippen molar-refractivity contribution in [3.8, 4) is 0 Å². The average Bonchev–Trinajstić information content (AvgIpc) is 2.63. The van der Waals surface area contributed by atoms with Gasteiger partial charge in [-0.3, -0.25) is 0 Å². The molecule has 0 aliphatic heterocycles. The Morgan fingerprint density at radius 2 is 0.727 bits per heavy atom. The normalized spacial score (nSPS) is 13.6. The molecule has 0 atom stereocenters. The SMILES string of the molecule is CO[Si](C)(C)CC(C)(C)C.CO[Si](C)(CC(C)(C)C)OC.CO[Si](CC(C)(C)C)(OC)OC. The second kappa shape index (κ2) is 15.5. The van der Waals surface area contributed by atoms with Crippen LogP contribution in [0, 0.1) is 16.2 Å². The van der Waals surface area contributed by atoms with Crippen LogP contribution in [-0.2, 0) is 26.6 Å². The van der Waals surface area contributed by atoms with Gasteiger partial charge in [0.05, 0.1) is 0 Å². The summed E-state index contributed by atoms with van der Waals surface area (Å²) < 4.78 is 32.1. The van der Waals surface area contributed by atoms with E-state index in [-0.39, 0.29) is 5.41 Å². The van der Waals surface area contributed by atoms with E-state index in [1.54, 1.807) is 35.5 Å². The van der Waals surface area contributed by atoms with E-state index < -0.39 is 25.7 Å². The van der Waals surface area contributed by atoms with E-state index in [0.717, 1.165) is 12.1 Å². The third-order valence-electron chi connectivity index (χ3n) is 4.90. The van der Waals surface area contributed by atoms with Crippen LogP contribution in [0.1, 0.15) is 62.3 Å². The van der Waals surface area contributed by atoms with E-state index in [1.165, 1.54) is 6.04 Å². The molecule has 0 aromatic carbocycles. The summed E-state index contributed by atoms with van der Waals surface area (Å²) >= 11 is 0. The Morgan fingerprint density at radius 3 is 0.818 bits per heavy atom. The van der Waals surface area contributed by atoms with Gasteiger partial charge in [0.2, 0.25) is 0 Å². The quantitative estimate of drug-likeness (QED) is 0.295. The molecule has 0 heterocycles. The van der Waals surface area contributed by atoms with E-state index in [0.29, 0.717) is 10.8 Å². The van der Waals surface area contributed by atoms with E-state index >= 15 is 0 Å². The number of hydrogen-bond acceptors (Lipinski definition) is 6. The van der Waals surface area contributed by atoms with Crippen molar-refractivity contribution in [1.29, 1.82) is 0 Å². The topological polar surface area (TPSA) is 55.4 Å². The zero-order valence-corrected chi connectivity index (χ0v) is 28.6. The molecule has 0 saturated heterocycles. The second-order valence-electron chi connectivity index (χ2n) is 13.0. The van der Waals surface area contributed by atoms with Gasteiger partial charge in [-0.15, -0.1) is 0 Å². The molecular formula is C24H60O6Si3. The van der Waals surface area contributed by atoms with E-state index in [9.17, 15) is 0 Å². The molecule has 9 heteroatoms. The fraction of sp³-hybridized carbons (Fsp3) is 1.00. The fourth-order valence-corrected chi connectivity index (χ4v) is 11.0. The summed E-state index contributed by atoms with van der Waals surface area (Å²) in [4.78, 5) is 0. The maximum Gasteiger partial charge on any atom is 0.500 e. The van der Waals surface area contributed by atoms with Crippen molar-refractivity contribution < 1.29 is 26.6 Å². The molecule has 0 saturated carbocycles. The zero-order valence-electron chi connectivity index (χ0n) is 25.6. The van der Waals surface area contributed by atoms with Crippen molar-refractivity contribution >= 4 is 25.7 Å². The lowest BCUT2D eigenvalue weighted by atomic mass is 10.0. The van der Waals surface area contributed by atoms with Crippen LogP contribution in [0.2, 0.25) is 37.8 Å². The van der Waals surface area contributed by atoms with Gasteiger partial charge in [-0.1, -0.05) is 62.3 Å². The Labute approximate surface area is 211 Å². The van der Waals surface area contributed by atoms with Crippen molar-refractivity contribution in [2.75, 3.05) is 42.7 Å². The molecule has 33 heavy (non-hydrogen) atoms. The molecule has 0 aromatic heterocycles. The minimum absolute atomic E-state index is 0.175. The van der Waals surface area contributed by atoms with Crippen LogP contribution in [0.25, 0.3) is 0 Å². The van der Waals surface area contributed by atoms with Crippen LogP contribution in [0.15, 0.2) is 0 Å². The summed E-state index contributed by atoms with van der Waals surface area (Å²) in [7, 11) is 4.74. The summed E-state index contributed by atoms with van der Waals surface area (Å²) in [6.45, 7) is 26.5. The molecule has 0 aliphatic rings. The maximum atomic E-state index is 5.45. The van der Waals surface area contributed by atoms with Crippen LogP contribution < -0.4 is 0 Å². The molecule has 0 fully saturated rings. The van der Waals surface area contributed by atoms with Crippen molar-refractivity contribution in [1.82, 2.24) is 0 Å². The molecule has 0 N–H and O–H groups in total. The van der Waals surface area contributed by atoms with E-state index in [1.807, 2.05) is 7.11 Å². The molecule has 0 aromatic rings.